The third-order valence-electron chi connectivity index (χ3n) is 3.89. The van der Waals surface area contributed by atoms with Crippen LogP contribution in [0.1, 0.15) is 37.7 Å². The van der Waals surface area contributed by atoms with E-state index in [1.807, 2.05) is 0 Å². The third-order valence-corrected chi connectivity index (χ3v) is 3.89. The van der Waals surface area contributed by atoms with Crippen molar-refractivity contribution in [1.82, 2.24) is 4.98 Å². The highest BCUT2D eigenvalue weighted by atomic mass is 19.4. The molecule has 0 aromatic carbocycles. The van der Waals surface area contributed by atoms with Gasteiger partial charge in [-0.15, -0.1) is 0 Å². The predicted molar refractivity (Wildman–Crippen MR) is 72.3 cm³/mol. The minimum atomic E-state index is -4.34. The van der Waals surface area contributed by atoms with Crippen molar-refractivity contribution in [3.63, 3.8) is 0 Å². The van der Waals surface area contributed by atoms with Crippen LogP contribution in [-0.2, 0) is 6.18 Å². The quantitative estimate of drug-likeness (QED) is 0.892. The Kier molecular flexibility index (Phi) is 4.86. The maximum atomic E-state index is 12.7. The summed E-state index contributed by atoms with van der Waals surface area (Å²) >= 11 is 0. The fourth-order valence-corrected chi connectivity index (χ4v) is 2.78. The third kappa shape index (κ3) is 3.85. The number of alkyl halides is 3. The molecule has 0 bridgehead atoms. The van der Waals surface area contributed by atoms with Crippen LogP contribution in [0.5, 0.6) is 0 Å². The summed E-state index contributed by atoms with van der Waals surface area (Å²) < 4.78 is 38.0. The molecule has 1 atom stereocenters. The maximum Gasteiger partial charge on any atom is 0.416 e. The van der Waals surface area contributed by atoms with E-state index in [0.717, 1.165) is 25.0 Å². The summed E-state index contributed by atoms with van der Waals surface area (Å²) in [5.41, 5.74) is 5.08. The van der Waals surface area contributed by atoms with Gasteiger partial charge in [0.05, 0.1) is 5.56 Å². The number of aromatic nitrogens is 1. The zero-order valence-corrected chi connectivity index (χ0v) is 11.3. The van der Waals surface area contributed by atoms with E-state index in [-0.39, 0.29) is 11.9 Å². The standard InChI is InChI=1S/C14H20F3N3/c15-14(16,17)11-6-7-19-13(8-11)20-12(9-18)10-4-2-1-3-5-10/h6-8,10,12H,1-5,9,18H2,(H,19,20). The average molecular weight is 287 g/mol. The van der Waals surface area contributed by atoms with Crippen molar-refractivity contribution < 1.29 is 13.2 Å². The highest BCUT2D eigenvalue weighted by Gasteiger charge is 2.31. The van der Waals surface area contributed by atoms with Gasteiger partial charge in [0.15, 0.2) is 0 Å². The number of nitrogens with two attached hydrogens (primary N) is 1. The summed E-state index contributed by atoms with van der Waals surface area (Å²) in [7, 11) is 0. The molecule has 0 spiro atoms. The van der Waals surface area contributed by atoms with E-state index in [9.17, 15) is 13.2 Å². The van der Waals surface area contributed by atoms with Gasteiger partial charge in [-0.25, -0.2) is 4.98 Å². The van der Waals surface area contributed by atoms with Crippen molar-refractivity contribution >= 4 is 5.82 Å². The number of anilines is 1. The first-order valence-corrected chi connectivity index (χ1v) is 7.00. The lowest BCUT2D eigenvalue weighted by atomic mass is 9.84. The average Bonchev–Trinajstić information content (AvgIpc) is 2.45. The van der Waals surface area contributed by atoms with E-state index >= 15 is 0 Å². The van der Waals surface area contributed by atoms with E-state index in [1.165, 1.54) is 25.5 Å². The summed E-state index contributed by atoms with van der Waals surface area (Å²) in [5, 5.41) is 3.07. The molecule has 0 amide bonds. The summed E-state index contributed by atoms with van der Waals surface area (Å²) in [4.78, 5) is 3.97. The number of nitrogens with zero attached hydrogens (tertiary/aromatic N) is 1. The minimum Gasteiger partial charge on any atom is -0.366 e. The molecule has 6 heteroatoms. The molecule has 1 aliphatic rings. The molecule has 0 radical (unpaired) electrons. The molecule has 0 saturated heterocycles. The second-order valence-corrected chi connectivity index (χ2v) is 5.31. The van der Waals surface area contributed by atoms with Gasteiger partial charge in [-0.2, -0.15) is 13.2 Å². The highest BCUT2D eigenvalue weighted by Crippen LogP contribution is 2.31. The Balaban J connectivity index is 2.07. The van der Waals surface area contributed by atoms with Crippen LogP contribution in [0.25, 0.3) is 0 Å². The molecular formula is C14H20F3N3. The van der Waals surface area contributed by atoms with Gasteiger partial charge in [0.2, 0.25) is 0 Å². The molecule has 1 aromatic rings. The number of hydrogen-bond donors (Lipinski definition) is 2. The molecule has 1 fully saturated rings. The van der Waals surface area contributed by atoms with Gasteiger partial charge in [0.1, 0.15) is 5.82 Å². The van der Waals surface area contributed by atoms with Crippen LogP contribution in [0.3, 0.4) is 0 Å². The molecule has 20 heavy (non-hydrogen) atoms. The van der Waals surface area contributed by atoms with Crippen LogP contribution in [-0.4, -0.2) is 17.6 Å². The van der Waals surface area contributed by atoms with Gasteiger partial charge >= 0.3 is 6.18 Å². The lowest BCUT2D eigenvalue weighted by molar-refractivity contribution is -0.137. The summed E-state index contributed by atoms with van der Waals surface area (Å²) in [6, 6.07) is 2.01. The van der Waals surface area contributed by atoms with Gasteiger partial charge in [-0.3, -0.25) is 0 Å². The Morgan fingerprint density at radius 1 is 1.30 bits per heavy atom. The molecular weight excluding hydrogens is 267 g/mol. The number of rotatable bonds is 4. The predicted octanol–water partition coefficient (Wildman–Crippen LogP) is 3.42. The van der Waals surface area contributed by atoms with Crippen molar-refractivity contribution in [2.24, 2.45) is 11.7 Å². The molecule has 1 heterocycles. The smallest absolute Gasteiger partial charge is 0.366 e. The first kappa shape index (κ1) is 15.1. The zero-order valence-electron chi connectivity index (χ0n) is 11.3. The van der Waals surface area contributed by atoms with E-state index in [4.69, 9.17) is 5.73 Å². The number of nitrogens with one attached hydrogen (secondary N) is 1. The zero-order chi connectivity index (χ0) is 14.6. The largest absolute Gasteiger partial charge is 0.416 e. The van der Waals surface area contributed by atoms with Crippen LogP contribution in [0, 0.1) is 5.92 Å². The number of pyridine rings is 1. The highest BCUT2D eigenvalue weighted by molar-refractivity contribution is 5.39. The lowest BCUT2D eigenvalue weighted by Gasteiger charge is -2.30. The van der Waals surface area contributed by atoms with Crippen LogP contribution in [0.4, 0.5) is 19.0 Å². The van der Waals surface area contributed by atoms with Crippen LogP contribution >= 0.6 is 0 Å². The fraction of sp³-hybridized carbons (Fsp3) is 0.643. The van der Waals surface area contributed by atoms with Gasteiger partial charge in [0, 0.05) is 18.8 Å². The molecule has 1 unspecified atom stereocenters. The molecule has 3 N–H and O–H groups in total. The van der Waals surface area contributed by atoms with E-state index < -0.39 is 11.7 Å². The van der Waals surface area contributed by atoms with E-state index in [0.29, 0.717) is 12.5 Å². The second-order valence-electron chi connectivity index (χ2n) is 5.31. The Morgan fingerprint density at radius 3 is 2.60 bits per heavy atom. The molecule has 1 saturated carbocycles. The van der Waals surface area contributed by atoms with Gasteiger partial charge in [-0.1, -0.05) is 19.3 Å². The lowest BCUT2D eigenvalue weighted by Crippen LogP contribution is -2.37. The number of hydrogen-bond acceptors (Lipinski definition) is 3. The number of halogens is 3. The molecule has 1 aromatic heterocycles. The summed E-state index contributed by atoms with van der Waals surface area (Å²) in [5.74, 6) is 0.672. The van der Waals surface area contributed by atoms with Crippen LogP contribution < -0.4 is 11.1 Å². The van der Waals surface area contributed by atoms with Crippen molar-refractivity contribution in [2.75, 3.05) is 11.9 Å². The normalized spacial score (nSPS) is 18.8. The Bertz CT molecular complexity index is 428. The van der Waals surface area contributed by atoms with Crippen molar-refractivity contribution in [3.05, 3.63) is 23.9 Å². The Hall–Kier alpha value is -1.30. The van der Waals surface area contributed by atoms with E-state index in [2.05, 4.69) is 10.3 Å². The SMILES string of the molecule is NCC(Nc1cc(C(F)(F)F)ccn1)C1CCCCC1. The Labute approximate surface area is 116 Å². The molecule has 2 rings (SSSR count). The first-order valence-electron chi connectivity index (χ1n) is 7.00. The fourth-order valence-electron chi connectivity index (χ4n) is 2.78. The van der Waals surface area contributed by atoms with Gasteiger partial charge < -0.3 is 11.1 Å². The van der Waals surface area contributed by atoms with E-state index in [1.54, 1.807) is 0 Å². The van der Waals surface area contributed by atoms with Gasteiger partial charge in [0.25, 0.3) is 0 Å². The minimum absolute atomic E-state index is 0.00807. The van der Waals surface area contributed by atoms with Crippen LogP contribution in [0.2, 0.25) is 0 Å². The Morgan fingerprint density at radius 2 is 2.00 bits per heavy atom. The molecule has 1 aliphatic carbocycles. The monoisotopic (exact) mass is 287 g/mol. The van der Waals surface area contributed by atoms with Crippen molar-refractivity contribution in [3.8, 4) is 0 Å². The van der Waals surface area contributed by atoms with Crippen molar-refractivity contribution in [1.29, 1.82) is 0 Å². The topological polar surface area (TPSA) is 50.9 Å². The summed E-state index contributed by atoms with van der Waals surface area (Å²) in [6.45, 7) is 0.405. The van der Waals surface area contributed by atoms with Gasteiger partial charge in [-0.05, 0) is 30.9 Å². The molecule has 3 nitrogen and oxygen atoms in total. The molecule has 0 aliphatic heterocycles. The maximum absolute atomic E-state index is 12.7. The summed E-state index contributed by atoms with van der Waals surface area (Å²) in [6.07, 6.45) is 2.55. The molecule has 112 valence electrons. The van der Waals surface area contributed by atoms with Crippen molar-refractivity contribution in [2.45, 2.75) is 44.3 Å². The first-order chi connectivity index (χ1) is 9.50. The van der Waals surface area contributed by atoms with Crippen LogP contribution in [0.15, 0.2) is 18.3 Å². The second kappa shape index (κ2) is 6.43.